The number of hydrogen-bond donors (Lipinski definition) is 7. The number of nitrogens with one attached hydrogen (secondary N) is 3. The fourth-order valence-corrected chi connectivity index (χ4v) is 4.35. The molecule has 0 radical (unpaired) electrons. The molecular formula is C31H42N4O5. The number of carbonyl (C=O) groups excluding carboxylic acids is 1. The number of aliphatic hydroxyl groups excluding tert-OH is 4. The number of benzene rings is 2. The third kappa shape index (κ3) is 9.82. The number of hydrogen-bond acceptors (Lipinski definition) is 9. The topological polar surface area (TPSA) is 146 Å². The van der Waals surface area contributed by atoms with Crippen LogP contribution in [0.1, 0.15) is 51.4 Å². The second-order valence-corrected chi connectivity index (χ2v) is 9.74. The molecule has 0 aromatic heterocycles. The molecule has 9 heteroatoms. The molecule has 2 aromatic carbocycles. The van der Waals surface area contributed by atoms with Crippen LogP contribution in [0.2, 0.25) is 0 Å². The molecule has 0 unspecified atom stereocenters. The molecule has 9 nitrogen and oxygen atoms in total. The van der Waals surface area contributed by atoms with E-state index in [4.69, 9.17) is 10.2 Å². The van der Waals surface area contributed by atoms with E-state index in [9.17, 15) is 15.0 Å². The maximum atomic E-state index is 12.7. The number of ketones is 1. The molecule has 0 aliphatic heterocycles. The predicted molar refractivity (Wildman–Crippen MR) is 162 cm³/mol. The number of nitrogens with zero attached hydrogens (tertiary/aromatic N) is 1. The van der Waals surface area contributed by atoms with Crippen LogP contribution in [-0.2, 0) is 4.79 Å². The molecule has 40 heavy (non-hydrogen) atoms. The van der Waals surface area contributed by atoms with E-state index in [1.807, 2.05) is 36.4 Å². The Hall–Kier alpha value is -3.66. The van der Waals surface area contributed by atoms with Gasteiger partial charge in [-0.15, -0.1) is 0 Å². The van der Waals surface area contributed by atoms with Gasteiger partial charge in [0.05, 0.1) is 18.0 Å². The van der Waals surface area contributed by atoms with E-state index >= 15 is 0 Å². The Morgan fingerprint density at radius 1 is 0.650 bits per heavy atom. The normalized spacial score (nSPS) is 14.4. The van der Waals surface area contributed by atoms with Crippen molar-refractivity contribution in [3.8, 4) is 0 Å². The lowest BCUT2D eigenvalue weighted by atomic mass is 9.97. The van der Waals surface area contributed by atoms with E-state index in [2.05, 4.69) is 20.9 Å². The first kappa shape index (κ1) is 30.9. The Labute approximate surface area is 236 Å². The summed E-state index contributed by atoms with van der Waals surface area (Å²) >= 11 is 0. The van der Waals surface area contributed by atoms with E-state index in [0.29, 0.717) is 11.4 Å². The molecule has 1 aliphatic rings. The van der Waals surface area contributed by atoms with Crippen molar-refractivity contribution in [2.45, 2.75) is 51.4 Å². The minimum absolute atomic E-state index is 0.0758. The zero-order chi connectivity index (χ0) is 28.6. The molecule has 3 rings (SSSR count). The Morgan fingerprint density at radius 3 is 1.68 bits per heavy atom. The summed E-state index contributed by atoms with van der Waals surface area (Å²) in [5, 5.41) is 48.2. The van der Waals surface area contributed by atoms with Crippen LogP contribution in [0.15, 0.2) is 76.6 Å². The van der Waals surface area contributed by atoms with Crippen molar-refractivity contribution in [3.05, 3.63) is 71.6 Å². The van der Waals surface area contributed by atoms with Gasteiger partial charge < -0.3 is 36.4 Å². The van der Waals surface area contributed by atoms with E-state index < -0.39 is 12.4 Å². The Morgan fingerprint density at radius 2 is 1.15 bits per heavy atom. The molecule has 0 atom stereocenters. The first-order valence-electron chi connectivity index (χ1n) is 14.1. The summed E-state index contributed by atoms with van der Waals surface area (Å²) in [5.41, 5.74) is 3.69. The number of carbonyl (C=O) groups is 1. The van der Waals surface area contributed by atoms with Crippen molar-refractivity contribution < 1.29 is 25.2 Å². The van der Waals surface area contributed by atoms with Gasteiger partial charge in [0.2, 0.25) is 5.78 Å². The Kier molecular flexibility index (Phi) is 13.2. The quantitative estimate of drug-likeness (QED) is 0.101. The summed E-state index contributed by atoms with van der Waals surface area (Å²) < 4.78 is 0. The zero-order valence-corrected chi connectivity index (χ0v) is 23.0. The minimum Gasteiger partial charge on any atom is -0.506 e. The maximum absolute atomic E-state index is 12.7. The third-order valence-electron chi connectivity index (χ3n) is 6.59. The Bertz CT molecular complexity index is 1160. The SMILES string of the molecule is O=C1C=C(O)C(Nc2ccc(NCCCCCCO)cc2)=C(CO)C1=Nc1ccc(NCCCCCCO)cc1. The highest BCUT2D eigenvalue weighted by Crippen LogP contribution is 2.26. The van der Waals surface area contributed by atoms with Crippen LogP contribution in [0.3, 0.4) is 0 Å². The van der Waals surface area contributed by atoms with Gasteiger partial charge in [0, 0.05) is 55.0 Å². The van der Waals surface area contributed by atoms with Gasteiger partial charge in [-0.2, -0.15) is 0 Å². The van der Waals surface area contributed by atoms with Crippen molar-refractivity contribution in [3.63, 3.8) is 0 Å². The number of anilines is 3. The van der Waals surface area contributed by atoms with Crippen LogP contribution >= 0.6 is 0 Å². The molecule has 0 bridgehead atoms. The van der Waals surface area contributed by atoms with Gasteiger partial charge in [0.1, 0.15) is 11.5 Å². The van der Waals surface area contributed by atoms with Crippen molar-refractivity contribution in [1.82, 2.24) is 0 Å². The fraction of sp³-hybridized carbons (Fsp3) is 0.419. The zero-order valence-electron chi connectivity index (χ0n) is 23.0. The van der Waals surface area contributed by atoms with E-state index in [1.54, 1.807) is 12.1 Å². The molecule has 0 fully saturated rings. The van der Waals surface area contributed by atoms with Gasteiger partial charge in [0.15, 0.2) is 0 Å². The lowest BCUT2D eigenvalue weighted by molar-refractivity contribution is -0.109. The number of aliphatic hydroxyl groups is 4. The monoisotopic (exact) mass is 550 g/mol. The molecule has 216 valence electrons. The molecule has 0 amide bonds. The van der Waals surface area contributed by atoms with Crippen LogP contribution < -0.4 is 16.0 Å². The summed E-state index contributed by atoms with van der Waals surface area (Å²) in [6.07, 6.45) is 8.97. The smallest absolute Gasteiger partial charge is 0.208 e. The summed E-state index contributed by atoms with van der Waals surface area (Å²) in [7, 11) is 0. The summed E-state index contributed by atoms with van der Waals surface area (Å²) in [5.74, 6) is -0.729. The minimum atomic E-state index is -0.476. The van der Waals surface area contributed by atoms with Crippen molar-refractivity contribution >= 4 is 34.2 Å². The largest absolute Gasteiger partial charge is 0.506 e. The van der Waals surface area contributed by atoms with Gasteiger partial charge in [0.25, 0.3) is 0 Å². The molecule has 1 aliphatic carbocycles. The lowest BCUT2D eigenvalue weighted by Crippen LogP contribution is -2.26. The van der Waals surface area contributed by atoms with Gasteiger partial charge in [-0.1, -0.05) is 25.7 Å². The van der Waals surface area contributed by atoms with Crippen molar-refractivity contribution in [2.24, 2.45) is 4.99 Å². The van der Waals surface area contributed by atoms with Crippen molar-refractivity contribution in [2.75, 3.05) is 48.9 Å². The van der Waals surface area contributed by atoms with Gasteiger partial charge in [-0.25, -0.2) is 4.99 Å². The summed E-state index contributed by atoms with van der Waals surface area (Å²) in [4.78, 5) is 17.2. The van der Waals surface area contributed by atoms with Crippen LogP contribution in [-0.4, -0.2) is 64.8 Å². The fourth-order valence-electron chi connectivity index (χ4n) is 4.35. The number of unbranched alkanes of at least 4 members (excludes halogenated alkanes) is 6. The first-order valence-corrected chi connectivity index (χ1v) is 14.1. The first-order chi connectivity index (χ1) is 19.5. The maximum Gasteiger partial charge on any atom is 0.208 e. The summed E-state index contributed by atoms with van der Waals surface area (Å²) in [6.45, 7) is 1.67. The number of allylic oxidation sites excluding steroid dienone is 1. The molecule has 7 N–H and O–H groups in total. The second kappa shape index (κ2) is 17.1. The molecule has 0 saturated heterocycles. The standard InChI is InChI=1S/C31H42N4O5/c36-19-7-3-1-5-17-32-23-9-13-25(14-10-23)34-30-27(22-38)31(29(40)21-28(30)39)35-26-15-11-24(12-16-26)33-18-6-2-4-8-20-37/h9-16,21,32-34,36-39H,1-8,17-20,22H2. The van der Waals surface area contributed by atoms with Crippen molar-refractivity contribution in [1.29, 1.82) is 0 Å². The van der Waals surface area contributed by atoms with E-state index in [0.717, 1.165) is 81.9 Å². The predicted octanol–water partition coefficient (Wildman–Crippen LogP) is 5.07. The molecule has 0 saturated carbocycles. The Balaban J connectivity index is 1.64. The van der Waals surface area contributed by atoms with Crippen LogP contribution in [0, 0.1) is 0 Å². The van der Waals surface area contributed by atoms with Gasteiger partial charge in [-0.3, -0.25) is 4.79 Å². The highest BCUT2D eigenvalue weighted by molar-refractivity contribution is 6.51. The molecule has 0 spiro atoms. The average molecular weight is 551 g/mol. The number of aliphatic imine (C=N–C) groups is 1. The molecule has 2 aromatic rings. The van der Waals surface area contributed by atoms with E-state index in [1.165, 1.54) is 0 Å². The van der Waals surface area contributed by atoms with Crippen LogP contribution in [0.25, 0.3) is 0 Å². The highest BCUT2D eigenvalue weighted by atomic mass is 16.3. The van der Waals surface area contributed by atoms with Gasteiger partial charge in [-0.05, 0) is 74.2 Å². The summed E-state index contributed by atoms with van der Waals surface area (Å²) in [6, 6.07) is 14.9. The lowest BCUT2D eigenvalue weighted by Gasteiger charge is -2.20. The van der Waals surface area contributed by atoms with Crippen LogP contribution in [0.4, 0.5) is 22.7 Å². The number of rotatable bonds is 18. The second-order valence-electron chi connectivity index (χ2n) is 9.74. The van der Waals surface area contributed by atoms with E-state index in [-0.39, 0.29) is 36.0 Å². The van der Waals surface area contributed by atoms with Gasteiger partial charge >= 0.3 is 0 Å². The molecular weight excluding hydrogens is 508 g/mol. The highest BCUT2D eigenvalue weighted by Gasteiger charge is 2.27. The average Bonchev–Trinajstić information content (AvgIpc) is 2.96. The van der Waals surface area contributed by atoms with Crippen LogP contribution in [0.5, 0.6) is 0 Å². The third-order valence-corrected chi connectivity index (χ3v) is 6.59. The molecule has 0 heterocycles.